The first kappa shape index (κ1) is 18.8. The number of nitrogens with one attached hydrogen (secondary N) is 1. The number of hydroxylamine groups is 1. The van der Waals surface area contributed by atoms with Crippen molar-refractivity contribution in [3.8, 4) is 0 Å². The van der Waals surface area contributed by atoms with Crippen molar-refractivity contribution in [1.82, 2.24) is 5.48 Å². The highest BCUT2D eigenvalue weighted by Gasteiger charge is 2.12. The van der Waals surface area contributed by atoms with Gasteiger partial charge >= 0.3 is 6.09 Å². The standard InChI is InChI=1S/C19H21ClN2O3/c1-13-6-5-7-15(10-13)11-25-22-14(2)17(12-24-19(21)23)16-8-3-4-9-18(16)20/h3-10,22H,11-12H2,1-2H3,(H2,21,23). The van der Waals surface area contributed by atoms with Gasteiger partial charge in [-0.05, 0) is 25.5 Å². The summed E-state index contributed by atoms with van der Waals surface area (Å²) in [5.74, 6) is 0. The van der Waals surface area contributed by atoms with E-state index in [0.29, 0.717) is 22.9 Å². The van der Waals surface area contributed by atoms with Crippen molar-refractivity contribution in [3.63, 3.8) is 0 Å². The van der Waals surface area contributed by atoms with Crippen molar-refractivity contribution in [1.29, 1.82) is 0 Å². The van der Waals surface area contributed by atoms with Crippen LogP contribution in [-0.2, 0) is 16.2 Å². The Kier molecular flexibility index (Phi) is 6.86. The van der Waals surface area contributed by atoms with Crippen LogP contribution < -0.4 is 11.2 Å². The zero-order valence-electron chi connectivity index (χ0n) is 14.2. The molecule has 0 aliphatic carbocycles. The monoisotopic (exact) mass is 360 g/mol. The number of aryl methyl sites for hydroxylation is 1. The van der Waals surface area contributed by atoms with Crippen molar-refractivity contribution in [2.45, 2.75) is 20.5 Å². The van der Waals surface area contributed by atoms with Crippen molar-refractivity contribution in [3.05, 3.63) is 75.9 Å². The Bertz CT molecular complexity index is 775. The van der Waals surface area contributed by atoms with Gasteiger partial charge < -0.3 is 10.5 Å². The molecule has 0 aliphatic rings. The van der Waals surface area contributed by atoms with Gasteiger partial charge in [0.15, 0.2) is 0 Å². The number of rotatable bonds is 7. The molecule has 132 valence electrons. The van der Waals surface area contributed by atoms with Gasteiger partial charge in [0.25, 0.3) is 0 Å². The molecule has 2 aromatic carbocycles. The van der Waals surface area contributed by atoms with E-state index in [0.717, 1.165) is 11.1 Å². The van der Waals surface area contributed by atoms with Crippen LogP contribution in [0.4, 0.5) is 4.79 Å². The Morgan fingerprint density at radius 1 is 1.20 bits per heavy atom. The summed E-state index contributed by atoms with van der Waals surface area (Å²) >= 11 is 6.25. The van der Waals surface area contributed by atoms with E-state index < -0.39 is 6.09 Å². The maximum atomic E-state index is 11.0. The molecule has 0 saturated heterocycles. The number of ether oxygens (including phenoxy) is 1. The zero-order chi connectivity index (χ0) is 18.2. The molecule has 0 unspecified atom stereocenters. The van der Waals surface area contributed by atoms with Gasteiger partial charge in [-0.1, -0.05) is 59.6 Å². The van der Waals surface area contributed by atoms with E-state index in [1.165, 1.54) is 5.56 Å². The second-order valence-electron chi connectivity index (χ2n) is 5.57. The molecule has 2 rings (SSSR count). The number of nitrogens with two attached hydrogens (primary N) is 1. The SMILES string of the molecule is CC(NOCc1cccc(C)c1)=C(COC(N)=O)c1ccccc1Cl. The first-order chi connectivity index (χ1) is 12.0. The molecule has 1 amide bonds. The van der Waals surface area contributed by atoms with Crippen LogP contribution in [0.15, 0.2) is 54.2 Å². The van der Waals surface area contributed by atoms with E-state index >= 15 is 0 Å². The highest BCUT2D eigenvalue weighted by molar-refractivity contribution is 6.32. The van der Waals surface area contributed by atoms with Gasteiger partial charge in [-0.25, -0.2) is 4.79 Å². The number of benzene rings is 2. The van der Waals surface area contributed by atoms with Crippen molar-refractivity contribution in [2.75, 3.05) is 6.61 Å². The van der Waals surface area contributed by atoms with Gasteiger partial charge in [0.2, 0.25) is 0 Å². The number of hydrogen-bond donors (Lipinski definition) is 2. The molecule has 2 aromatic rings. The van der Waals surface area contributed by atoms with Crippen LogP contribution in [0.5, 0.6) is 0 Å². The maximum absolute atomic E-state index is 11.0. The zero-order valence-corrected chi connectivity index (χ0v) is 15.0. The quantitative estimate of drug-likeness (QED) is 0.726. The molecule has 0 bridgehead atoms. The predicted molar refractivity (Wildman–Crippen MR) is 98.7 cm³/mol. The van der Waals surface area contributed by atoms with Crippen LogP contribution in [0.3, 0.4) is 0 Å². The molecule has 0 heterocycles. The minimum absolute atomic E-state index is 0.00823. The fourth-order valence-corrected chi connectivity index (χ4v) is 2.58. The lowest BCUT2D eigenvalue weighted by molar-refractivity contribution is 0.0493. The summed E-state index contributed by atoms with van der Waals surface area (Å²) in [5.41, 5.74) is 12.3. The lowest BCUT2D eigenvalue weighted by atomic mass is 10.1. The average molecular weight is 361 g/mol. The number of carbonyl (C=O) groups is 1. The summed E-state index contributed by atoms with van der Waals surface area (Å²) in [7, 11) is 0. The number of allylic oxidation sites excluding steroid dienone is 1. The fraction of sp³-hybridized carbons (Fsp3) is 0.211. The largest absolute Gasteiger partial charge is 0.445 e. The first-order valence-electron chi connectivity index (χ1n) is 7.77. The first-order valence-corrected chi connectivity index (χ1v) is 8.15. The van der Waals surface area contributed by atoms with Gasteiger partial charge in [0.05, 0.1) is 6.61 Å². The van der Waals surface area contributed by atoms with Gasteiger partial charge in [0.1, 0.15) is 6.61 Å². The highest BCUT2D eigenvalue weighted by atomic mass is 35.5. The summed E-state index contributed by atoms with van der Waals surface area (Å²) in [6.07, 6.45) is -0.849. The summed E-state index contributed by atoms with van der Waals surface area (Å²) in [4.78, 5) is 16.5. The van der Waals surface area contributed by atoms with Crippen LogP contribution in [0.2, 0.25) is 5.02 Å². The molecule has 0 saturated carbocycles. The number of halogens is 1. The van der Waals surface area contributed by atoms with Gasteiger partial charge in [-0.2, -0.15) is 0 Å². The third-order valence-corrected chi connectivity index (χ3v) is 3.89. The molecule has 0 radical (unpaired) electrons. The van der Waals surface area contributed by atoms with E-state index in [-0.39, 0.29) is 6.61 Å². The van der Waals surface area contributed by atoms with Gasteiger partial charge in [-0.15, -0.1) is 0 Å². The van der Waals surface area contributed by atoms with Crippen molar-refractivity contribution >= 4 is 23.3 Å². The van der Waals surface area contributed by atoms with Crippen molar-refractivity contribution in [2.24, 2.45) is 5.73 Å². The third-order valence-electron chi connectivity index (χ3n) is 3.56. The van der Waals surface area contributed by atoms with E-state index in [9.17, 15) is 4.79 Å². The minimum atomic E-state index is -0.849. The third kappa shape index (κ3) is 5.81. The maximum Gasteiger partial charge on any atom is 0.404 e. The molecule has 3 N–H and O–H groups in total. The average Bonchev–Trinajstić information content (AvgIpc) is 2.56. The van der Waals surface area contributed by atoms with Crippen LogP contribution >= 0.6 is 11.6 Å². The van der Waals surface area contributed by atoms with Crippen LogP contribution in [0, 0.1) is 6.92 Å². The van der Waals surface area contributed by atoms with E-state index in [2.05, 4.69) is 5.48 Å². The number of carbonyl (C=O) groups excluding carboxylic acids is 1. The normalized spacial score (nSPS) is 11.6. The molecular weight excluding hydrogens is 340 g/mol. The van der Waals surface area contributed by atoms with Crippen LogP contribution in [-0.4, -0.2) is 12.7 Å². The lowest BCUT2D eigenvalue weighted by Gasteiger charge is -2.15. The number of amides is 1. The summed E-state index contributed by atoms with van der Waals surface area (Å²) in [6.45, 7) is 4.23. The summed E-state index contributed by atoms with van der Waals surface area (Å²) in [6, 6.07) is 15.3. The molecule has 6 heteroatoms. The molecule has 0 fully saturated rings. The highest BCUT2D eigenvalue weighted by Crippen LogP contribution is 2.26. The van der Waals surface area contributed by atoms with E-state index in [1.54, 1.807) is 6.07 Å². The second-order valence-corrected chi connectivity index (χ2v) is 5.98. The fourth-order valence-electron chi connectivity index (χ4n) is 2.33. The topological polar surface area (TPSA) is 73.6 Å². The Balaban J connectivity index is 2.13. The predicted octanol–water partition coefficient (Wildman–Crippen LogP) is 4.20. The molecule has 0 atom stereocenters. The molecule has 25 heavy (non-hydrogen) atoms. The Morgan fingerprint density at radius 3 is 2.64 bits per heavy atom. The Hall–Kier alpha value is -2.50. The molecular formula is C19H21ClN2O3. The molecule has 5 nitrogen and oxygen atoms in total. The van der Waals surface area contributed by atoms with Gasteiger partial charge in [-0.3, -0.25) is 10.3 Å². The van der Waals surface area contributed by atoms with Crippen LogP contribution in [0.25, 0.3) is 5.57 Å². The summed E-state index contributed by atoms with van der Waals surface area (Å²) in [5, 5.41) is 0.547. The minimum Gasteiger partial charge on any atom is -0.445 e. The Morgan fingerprint density at radius 2 is 1.96 bits per heavy atom. The van der Waals surface area contributed by atoms with E-state index in [1.807, 2.05) is 56.3 Å². The van der Waals surface area contributed by atoms with Crippen LogP contribution in [0.1, 0.15) is 23.6 Å². The summed E-state index contributed by atoms with van der Waals surface area (Å²) < 4.78 is 4.94. The molecule has 0 aliphatic heterocycles. The Labute approximate surface area is 152 Å². The van der Waals surface area contributed by atoms with Crippen molar-refractivity contribution < 1.29 is 14.4 Å². The van der Waals surface area contributed by atoms with Gasteiger partial charge in [0, 0.05) is 21.9 Å². The second kappa shape index (κ2) is 9.11. The van der Waals surface area contributed by atoms with E-state index in [4.69, 9.17) is 26.9 Å². The molecule has 0 spiro atoms. The smallest absolute Gasteiger partial charge is 0.404 e. The number of hydrogen-bond acceptors (Lipinski definition) is 4. The molecule has 0 aromatic heterocycles. The lowest BCUT2D eigenvalue weighted by Crippen LogP contribution is -2.19. The number of primary amides is 1.